The number of halogens is 1. The second kappa shape index (κ2) is 6.73. The summed E-state index contributed by atoms with van der Waals surface area (Å²) < 4.78 is 1.89. The van der Waals surface area contributed by atoms with Crippen molar-refractivity contribution in [3.8, 4) is 0 Å². The molecule has 0 aliphatic rings. The van der Waals surface area contributed by atoms with Crippen LogP contribution in [0.25, 0.3) is 0 Å². The van der Waals surface area contributed by atoms with E-state index in [1.54, 1.807) is 6.20 Å². The Bertz CT molecular complexity index is 377. The SMILES string of the molecule is CCNC(c1c(Cl)cnn1C)C(CC)(CC)N(C)C. The lowest BCUT2D eigenvalue weighted by atomic mass is 9.81. The zero-order valence-corrected chi connectivity index (χ0v) is 13.8. The van der Waals surface area contributed by atoms with Crippen molar-refractivity contribution in [2.45, 2.75) is 45.2 Å². The lowest BCUT2D eigenvalue weighted by Crippen LogP contribution is -2.53. The van der Waals surface area contributed by atoms with Crippen LogP contribution >= 0.6 is 11.6 Å². The lowest BCUT2D eigenvalue weighted by molar-refractivity contribution is 0.0853. The van der Waals surface area contributed by atoms with Crippen LogP contribution in [0.4, 0.5) is 0 Å². The van der Waals surface area contributed by atoms with Crippen molar-refractivity contribution >= 4 is 11.6 Å². The van der Waals surface area contributed by atoms with Gasteiger partial charge in [-0.1, -0.05) is 32.4 Å². The van der Waals surface area contributed by atoms with E-state index in [0.717, 1.165) is 30.1 Å². The first-order valence-corrected chi connectivity index (χ1v) is 7.40. The van der Waals surface area contributed by atoms with Crippen LogP contribution in [0.1, 0.15) is 45.3 Å². The summed E-state index contributed by atoms with van der Waals surface area (Å²) in [7, 11) is 6.24. The van der Waals surface area contributed by atoms with Crippen LogP contribution in [0.5, 0.6) is 0 Å². The minimum Gasteiger partial charge on any atom is -0.307 e. The van der Waals surface area contributed by atoms with E-state index in [2.05, 4.69) is 50.2 Å². The normalized spacial score (nSPS) is 14.1. The molecule has 0 aromatic carbocycles. The first-order valence-electron chi connectivity index (χ1n) is 7.02. The summed E-state index contributed by atoms with van der Waals surface area (Å²) in [4.78, 5) is 2.31. The van der Waals surface area contributed by atoms with Crippen molar-refractivity contribution < 1.29 is 0 Å². The monoisotopic (exact) mass is 286 g/mol. The highest BCUT2D eigenvalue weighted by Crippen LogP contribution is 2.38. The molecule has 0 saturated carbocycles. The van der Waals surface area contributed by atoms with Gasteiger partial charge in [-0.2, -0.15) is 5.10 Å². The fourth-order valence-corrected chi connectivity index (χ4v) is 3.31. The first kappa shape index (κ1) is 16.5. The maximum Gasteiger partial charge on any atom is 0.0834 e. The van der Waals surface area contributed by atoms with E-state index >= 15 is 0 Å². The van der Waals surface area contributed by atoms with Gasteiger partial charge in [0.15, 0.2) is 0 Å². The Morgan fingerprint density at radius 3 is 2.26 bits per heavy atom. The maximum atomic E-state index is 6.36. The molecule has 1 unspecified atom stereocenters. The third-order valence-corrected chi connectivity index (χ3v) is 4.56. The third-order valence-electron chi connectivity index (χ3n) is 4.27. The van der Waals surface area contributed by atoms with E-state index in [1.165, 1.54) is 0 Å². The van der Waals surface area contributed by atoms with Gasteiger partial charge in [-0.05, 0) is 33.5 Å². The average Bonchev–Trinajstić information content (AvgIpc) is 2.69. The molecule has 1 rings (SSSR count). The standard InChI is InChI=1S/C14H27ClN4/c1-7-14(8-2,18(4)5)13(16-9-3)12-11(15)10-17-19(12)6/h10,13,16H,7-9H2,1-6H3. The third kappa shape index (κ3) is 2.96. The number of aromatic nitrogens is 2. The molecule has 1 aromatic heterocycles. The lowest BCUT2D eigenvalue weighted by Gasteiger charge is -2.45. The summed E-state index contributed by atoms with van der Waals surface area (Å²) in [6.45, 7) is 7.50. The second-order valence-electron chi connectivity index (χ2n) is 5.20. The molecule has 0 fully saturated rings. The van der Waals surface area contributed by atoms with E-state index in [0.29, 0.717) is 0 Å². The Labute approximate surface area is 122 Å². The molecule has 110 valence electrons. The Kier molecular flexibility index (Phi) is 5.83. The van der Waals surface area contributed by atoms with Gasteiger partial charge in [-0.3, -0.25) is 4.68 Å². The van der Waals surface area contributed by atoms with Gasteiger partial charge in [-0.25, -0.2) is 0 Å². The van der Waals surface area contributed by atoms with Crippen LogP contribution in [0, 0.1) is 0 Å². The molecule has 0 bridgehead atoms. The number of likely N-dealkylation sites (N-methyl/N-ethyl adjacent to an activating group) is 2. The number of nitrogens with zero attached hydrogens (tertiary/aromatic N) is 3. The van der Waals surface area contributed by atoms with Gasteiger partial charge < -0.3 is 10.2 Å². The summed E-state index contributed by atoms with van der Waals surface area (Å²) in [5, 5.41) is 8.63. The van der Waals surface area contributed by atoms with Crippen LogP contribution in [0.3, 0.4) is 0 Å². The molecule has 1 aromatic rings. The van der Waals surface area contributed by atoms with Gasteiger partial charge >= 0.3 is 0 Å². The number of hydrogen-bond donors (Lipinski definition) is 1. The number of aryl methyl sites for hydroxylation is 1. The fourth-order valence-electron chi connectivity index (χ4n) is 3.04. The number of nitrogens with one attached hydrogen (secondary N) is 1. The van der Waals surface area contributed by atoms with Crippen molar-refractivity contribution in [1.29, 1.82) is 0 Å². The number of rotatable bonds is 7. The molecule has 1 N–H and O–H groups in total. The molecule has 19 heavy (non-hydrogen) atoms. The zero-order chi connectivity index (χ0) is 14.6. The molecular formula is C14H27ClN4. The van der Waals surface area contributed by atoms with Gasteiger partial charge in [0.1, 0.15) is 0 Å². The van der Waals surface area contributed by atoms with Crippen molar-refractivity contribution in [3.05, 3.63) is 16.9 Å². The van der Waals surface area contributed by atoms with Crippen LogP contribution < -0.4 is 5.32 Å². The predicted molar refractivity (Wildman–Crippen MR) is 81.6 cm³/mol. The molecule has 4 nitrogen and oxygen atoms in total. The van der Waals surface area contributed by atoms with E-state index in [-0.39, 0.29) is 11.6 Å². The molecule has 0 radical (unpaired) electrons. The van der Waals surface area contributed by atoms with Crippen LogP contribution in [-0.4, -0.2) is 40.9 Å². The minimum absolute atomic E-state index is 0.0352. The molecule has 0 saturated heterocycles. The summed E-state index contributed by atoms with van der Waals surface area (Å²) >= 11 is 6.36. The van der Waals surface area contributed by atoms with Crippen LogP contribution in [0.15, 0.2) is 6.20 Å². The van der Waals surface area contributed by atoms with E-state index in [1.807, 2.05) is 11.7 Å². The van der Waals surface area contributed by atoms with E-state index in [9.17, 15) is 0 Å². The Morgan fingerprint density at radius 2 is 1.95 bits per heavy atom. The second-order valence-corrected chi connectivity index (χ2v) is 5.60. The molecule has 0 spiro atoms. The highest BCUT2D eigenvalue weighted by Gasteiger charge is 2.40. The minimum atomic E-state index is 0.0352. The summed E-state index contributed by atoms with van der Waals surface area (Å²) in [6, 6.07) is 0.169. The molecule has 1 heterocycles. The predicted octanol–water partition coefficient (Wildman–Crippen LogP) is 2.84. The smallest absolute Gasteiger partial charge is 0.0834 e. The number of hydrogen-bond acceptors (Lipinski definition) is 3. The van der Waals surface area contributed by atoms with Crippen LogP contribution in [0.2, 0.25) is 5.02 Å². The molecular weight excluding hydrogens is 260 g/mol. The van der Waals surface area contributed by atoms with Gasteiger partial charge in [0.2, 0.25) is 0 Å². The summed E-state index contributed by atoms with van der Waals surface area (Å²) in [6.07, 6.45) is 3.83. The molecule has 1 atom stereocenters. The fraction of sp³-hybridized carbons (Fsp3) is 0.786. The van der Waals surface area contributed by atoms with Gasteiger partial charge in [-0.15, -0.1) is 0 Å². The van der Waals surface area contributed by atoms with Crippen molar-refractivity contribution in [2.24, 2.45) is 7.05 Å². The zero-order valence-electron chi connectivity index (χ0n) is 13.0. The highest BCUT2D eigenvalue weighted by molar-refractivity contribution is 6.31. The van der Waals surface area contributed by atoms with E-state index < -0.39 is 0 Å². The largest absolute Gasteiger partial charge is 0.307 e. The average molecular weight is 287 g/mol. The topological polar surface area (TPSA) is 33.1 Å². The highest BCUT2D eigenvalue weighted by atomic mass is 35.5. The molecule has 0 amide bonds. The summed E-state index contributed by atoms with van der Waals surface area (Å²) in [5.74, 6) is 0. The van der Waals surface area contributed by atoms with Crippen LogP contribution in [-0.2, 0) is 7.05 Å². The van der Waals surface area contributed by atoms with Crippen molar-refractivity contribution in [3.63, 3.8) is 0 Å². The molecule has 0 aliphatic heterocycles. The van der Waals surface area contributed by atoms with Gasteiger partial charge in [0.25, 0.3) is 0 Å². The summed E-state index contributed by atoms with van der Waals surface area (Å²) in [5.41, 5.74) is 1.11. The molecule has 5 heteroatoms. The Morgan fingerprint density at radius 1 is 1.37 bits per heavy atom. The van der Waals surface area contributed by atoms with Crippen molar-refractivity contribution in [2.75, 3.05) is 20.6 Å². The Hall–Kier alpha value is -0.580. The van der Waals surface area contributed by atoms with Gasteiger partial charge in [0, 0.05) is 12.6 Å². The first-order chi connectivity index (χ1) is 8.94. The van der Waals surface area contributed by atoms with Gasteiger partial charge in [0.05, 0.1) is 23.0 Å². The van der Waals surface area contributed by atoms with E-state index in [4.69, 9.17) is 11.6 Å². The maximum absolute atomic E-state index is 6.36. The van der Waals surface area contributed by atoms with Crippen molar-refractivity contribution in [1.82, 2.24) is 20.0 Å². The molecule has 0 aliphatic carbocycles. The Balaban J connectivity index is 3.33. The quantitative estimate of drug-likeness (QED) is 0.837.